The van der Waals surface area contributed by atoms with Gasteiger partial charge in [-0.3, -0.25) is 4.98 Å². The Bertz CT molecular complexity index is 1150. The summed E-state index contributed by atoms with van der Waals surface area (Å²) in [5.74, 6) is 1.78. The summed E-state index contributed by atoms with van der Waals surface area (Å²) in [6.45, 7) is 10.2. The minimum Gasteiger partial charge on any atom is -0.394 e. The largest absolute Gasteiger partial charge is 0.394 e. The molecule has 1 atom stereocenters. The third-order valence-electron chi connectivity index (χ3n) is 6.62. The fourth-order valence-electron chi connectivity index (χ4n) is 4.35. The van der Waals surface area contributed by atoms with Gasteiger partial charge in [-0.2, -0.15) is 4.98 Å². The number of pyridine rings is 2. The molecule has 1 aliphatic rings. The summed E-state index contributed by atoms with van der Waals surface area (Å²) < 4.78 is 0. The van der Waals surface area contributed by atoms with Gasteiger partial charge < -0.3 is 26.0 Å². The Balaban J connectivity index is 1.64. The number of rotatable bonds is 8. The lowest BCUT2D eigenvalue weighted by Gasteiger charge is -2.33. The Morgan fingerprint density at radius 3 is 2.59 bits per heavy atom. The molecule has 1 aliphatic heterocycles. The smallest absolute Gasteiger partial charge is 0.222 e. The van der Waals surface area contributed by atoms with E-state index >= 15 is 0 Å². The van der Waals surface area contributed by atoms with E-state index in [0.29, 0.717) is 11.3 Å². The van der Waals surface area contributed by atoms with E-state index in [1.165, 1.54) is 0 Å². The molecule has 0 spiro atoms. The molecule has 0 aromatic carbocycles. The van der Waals surface area contributed by atoms with Crippen LogP contribution in [0.5, 0.6) is 0 Å². The topological polar surface area (TPSA) is 116 Å². The standard InChI is InChI=1S/C25H36N8O/c1-5-6-9-25(3,16-34)31-23-19-15-27-20(14-21(19)29-24(26)30-23)18-7-8-22(28-17(18)2)33-12-10-32(4)11-13-33/h7-8,14-15,34H,5-6,9-13,16H2,1-4H3,(H3,26,29,30,31)/t25-/m1/s1. The van der Waals surface area contributed by atoms with Gasteiger partial charge >= 0.3 is 0 Å². The third kappa shape index (κ3) is 5.20. The van der Waals surface area contributed by atoms with Gasteiger partial charge in [0.1, 0.15) is 11.6 Å². The lowest BCUT2D eigenvalue weighted by molar-refractivity contribution is 0.212. The number of fused-ring (bicyclic) bond motifs is 1. The second-order valence-electron chi connectivity index (χ2n) is 9.56. The summed E-state index contributed by atoms with van der Waals surface area (Å²) in [4.78, 5) is 23.1. The van der Waals surface area contributed by atoms with Crippen LogP contribution in [-0.4, -0.2) is 75.3 Å². The number of piperazine rings is 1. The molecular weight excluding hydrogens is 428 g/mol. The van der Waals surface area contributed by atoms with E-state index in [4.69, 9.17) is 15.7 Å². The van der Waals surface area contributed by atoms with Gasteiger partial charge in [-0.05, 0) is 45.5 Å². The number of aliphatic hydroxyl groups excluding tert-OH is 1. The number of hydrogen-bond acceptors (Lipinski definition) is 9. The van der Waals surface area contributed by atoms with E-state index in [9.17, 15) is 5.11 Å². The zero-order valence-corrected chi connectivity index (χ0v) is 20.7. The fourth-order valence-corrected chi connectivity index (χ4v) is 4.35. The Labute approximate surface area is 201 Å². The zero-order chi connectivity index (χ0) is 24.3. The van der Waals surface area contributed by atoms with E-state index in [0.717, 1.165) is 73.6 Å². The number of likely N-dealkylation sites (N-methyl/N-ethyl adjacent to an activating group) is 1. The van der Waals surface area contributed by atoms with Crippen molar-refractivity contribution in [3.05, 3.63) is 30.1 Å². The first-order chi connectivity index (χ1) is 16.3. The maximum absolute atomic E-state index is 10.0. The van der Waals surface area contributed by atoms with Gasteiger partial charge in [-0.15, -0.1) is 0 Å². The zero-order valence-electron chi connectivity index (χ0n) is 20.7. The number of aryl methyl sites for hydroxylation is 1. The van der Waals surface area contributed by atoms with E-state index in [2.05, 4.69) is 51.2 Å². The van der Waals surface area contributed by atoms with Crippen LogP contribution in [0.2, 0.25) is 0 Å². The molecule has 0 aliphatic carbocycles. The molecule has 34 heavy (non-hydrogen) atoms. The number of nitrogens with two attached hydrogens (primary N) is 1. The summed E-state index contributed by atoms with van der Waals surface area (Å²) in [5.41, 5.74) is 8.95. The maximum atomic E-state index is 10.0. The Kier molecular flexibility index (Phi) is 7.13. The molecule has 0 unspecified atom stereocenters. The van der Waals surface area contributed by atoms with Crippen molar-refractivity contribution in [1.29, 1.82) is 0 Å². The summed E-state index contributed by atoms with van der Waals surface area (Å²) in [5, 5.41) is 14.2. The highest BCUT2D eigenvalue weighted by Gasteiger charge is 2.25. The highest BCUT2D eigenvalue weighted by Crippen LogP contribution is 2.30. The lowest BCUT2D eigenvalue weighted by Crippen LogP contribution is -2.44. The van der Waals surface area contributed by atoms with Crippen LogP contribution < -0.4 is 16.0 Å². The molecule has 4 heterocycles. The van der Waals surface area contributed by atoms with Crippen LogP contribution in [0.15, 0.2) is 24.4 Å². The molecule has 3 aromatic heterocycles. The van der Waals surface area contributed by atoms with Crippen molar-refractivity contribution >= 4 is 28.5 Å². The number of unbranched alkanes of at least 4 members (excludes halogenated alkanes) is 1. The third-order valence-corrected chi connectivity index (χ3v) is 6.62. The van der Waals surface area contributed by atoms with Crippen LogP contribution >= 0.6 is 0 Å². The highest BCUT2D eigenvalue weighted by atomic mass is 16.3. The summed E-state index contributed by atoms with van der Waals surface area (Å²) >= 11 is 0. The molecule has 4 rings (SSSR count). The van der Waals surface area contributed by atoms with E-state index in [1.807, 2.05) is 19.9 Å². The van der Waals surface area contributed by atoms with Crippen molar-refractivity contribution in [1.82, 2.24) is 24.8 Å². The molecule has 3 aromatic rings. The van der Waals surface area contributed by atoms with Crippen LogP contribution in [0.25, 0.3) is 22.2 Å². The minimum absolute atomic E-state index is 0.00552. The second kappa shape index (κ2) is 10.1. The molecule has 0 radical (unpaired) electrons. The Morgan fingerprint density at radius 1 is 1.15 bits per heavy atom. The SMILES string of the molecule is CCCC[C@](C)(CO)Nc1nc(N)nc2cc(-c3ccc(N4CCN(C)CC4)nc3C)ncc12. The Hall–Kier alpha value is -3.04. The van der Waals surface area contributed by atoms with E-state index in [-0.39, 0.29) is 12.6 Å². The number of aliphatic hydroxyl groups is 1. The van der Waals surface area contributed by atoms with Gasteiger partial charge in [0.05, 0.1) is 28.7 Å². The quantitative estimate of drug-likeness (QED) is 0.462. The van der Waals surface area contributed by atoms with Gasteiger partial charge in [0.15, 0.2) is 0 Å². The maximum Gasteiger partial charge on any atom is 0.222 e. The molecule has 0 saturated carbocycles. The van der Waals surface area contributed by atoms with E-state index < -0.39 is 5.54 Å². The number of nitrogen functional groups attached to an aromatic ring is 1. The first kappa shape index (κ1) is 24.1. The van der Waals surface area contributed by atoms with Crippen molar-refractivity contribution in [2.75, 3.05) is 55.8 Å². The molecule has 182 valence electrons. The predicted octanol–water partition coefficient (Wildman–Crippen LogP) is 3.08. The number of nitrogens with one attached hydrogen (secondary N) is 1. The average Bonchev–Trinajstić information content (AvgIpc) is 2.82. The minimum atomic E-state index is -0.498. The Morgan fingerprint density at radius 2 is 1.91 bits per heavy atom. The number of nitrogens with zero attached hydrogens (tertiary/aromatic N) is 6. The second-order valence-corrected chi connectivity index (χ2v) is 9.56. The molecule has 1 saturated heterocycles. The van der Waals surface area contributed by atoms with E-state index in [1.54, 1.807) is 6.20 Å². The fraction of sp³-hybridized carbons (Fsp3) is 0.520. The van der Waals surface area contributed by atoms with Gasteiger partial charge in [-0.1, -0.05) is 19.8 Å². The lowest BCUT2D eigenvalue weighted by atomic mass is 9.95. The van der Waals surface area contributed by atoms with Crippen molar-refractivity contribution in [2.24, 2.45) is 0 Å². The van der Waals surface area contributed by atoms with Crippen molar-refractivity contribution in [2.45, 2.75) is 45.6 Å². The molecule has 1 fully saturated rings. The molecule has 9 nitrogen and oxygen atoms in total. The van der Waals surface area contributed by atoms with Crippen molar-refractivity contribution < 1.29 is 5.11 Å². The normalized spacial score (nSPS) is 16.6. The van der Waals surface area contributed by atoms with Crippen LogP contribution in [0.4, 0.5) is 17.6 Å². The van der Waals surface area contributed by atoms with Crippen LogP contribution in [-0.2, 0) is 0 Å². The number of hydrogen-bond donors (Lipinski definition) is 3. The van der Waals surface area contributed by atoms with Crippen LogP contribution in [0, 0.1) is 6.92 Å². The monoisotopic (exact) mass is 464 g/mol. The molecule has 4 N–H and O–H groups in total. The summed E-state index contributed by atoms with van der Waals surface area (Å²) in [7, 11) is 2.15. The van der Waals surface area contributed by atoms with Gasteiger partial charge in [0.25, 0.3) is 0 Å². The summed E-state index contributed by atoms with van der Waals surface area (Å²) in [6, 6.07) is 6.09. The van der Waals surface area contributed by atoms with Gasteiger partial charge in [0.2, 0.25) is 5.95 Å². The van der Waals surface area contributed by atoms with Crippen LogP contribution in [0.3, 0.4) is 0 Å². The molecule has 0 amide bonds. The number of anilines is 3. The van der Waals surface area contributed by atoms with Gasteiger partial charge in [-0.25, -0.2) is 9.97 Å². The molecular formula is C25H36N8O. The molecule has 9 heteroatoms. The number of aromatic nitrogens is 4. The van der Waals surface area contributed by atoms with Crippen LogP contribution in [0.1, 0.15) is 38.8 Å². The van der Waals surface area contributed by atoms with Crippen molar-refractivity contribution in [3.63, 3.8) is 0 Å². The van der Waals surface area contributed by atoms with Crippen molar-refractivity contribution in [3.8, 4) is 11.3 Å². The highest BCUT2D eigenvalue weighted by molar-refractivity contribution is 5.91. The first-order valence-corrected chi connectivity index (χ1v) is 12.1. The van der Waals surface area contributed by atoms with Gasteiger partial charge in [0, 0.05) is 43.6 Å². The first-order valence-electron chi connectivity index (χ1n) is 12.1. The molecule has 0 bridgehead atoms. The average molecular weight is 465 g/mol. The predicted molar refractivity (Wildman–Crippen MR) is 138 cm³/mol. The summed E-state index contributed by atoms with van der Waals surface area (Å²) in [6.07, 6.45) is 4.65.